The van der Waals surface area contributed by atoms with Crippen molar-refractivity contribution in [1.29, 1.82) is 0 Å². The van der Waals surface area contributed by atoms with Gasteiger partial charge in [-0.2, -0.15) is 0 Å². The first-order chi connectivity index (χ1) is 13.8. The summed E-state index contributed by atoms with van der Waals surface area (Å²) in [6.07, 6.45) is 0.914. The summed E-state index contributed by atoms with van der Waals surface area (Å²) in [6, 6.07) is 20.7. The SMILES string of the molecule is CN=C(NCCc1ccccc1)NCC(=O)N1CCN(c2ccccc2)CC1.I. The first-order valence-electron chi connectivity index (χ1n) is 9.82. The van der Waals surface area contributed by atoms with Crippen LogP contribution in [0.4, 0.5) is 5.69 Å². The molecule has 1 saturated heterocycles. The van der Waals surface area contributed by atoms with Gasteiger partial charge in [0.15, 0.2) is 5.96 Å². The van der Waals surface area contributed by atoms with E-state index in [4.69, 9.17) is 0 Å². The van der Waals surface area contributed by atoms with E-state index in [9.17, 15) is 4.79 Å². The second-order valence-electron chi connectivity index (χ2n) is 6.79. The molecule has 0 atom stereocenters. The number of para-hydroxylation sites is 1. The molecule has 1 aliphatic rings. The van der Waals surface area contributed by atoms with E-state index in [1.165, 1.54) is 11.3 Å². The number of halogens is 1. The first-order valence-corrected chi connectivity index (χ1v) is 9.82. The average Bonchev–Trinajstić information content (AvgIpc) is 2.77. The van der Waals surface area contributed by atoms with Crippen molar-refractivity contribution in [3.05, 3.63) is 66.2 Å². The predicted molar refractivity (Wildman–Crippen MR) is 130 cm³/mol. The van der Waals surface area contributed by atoms with E-state index >= 15 is 0 Å². The Morgan fingerprint density at radius 2 is 1.55 bits per heavy atom. The molecule has 7 heteroatoms. The third kappa shape index (κ3) is 7.23. The molecule has 29 heavy (non-hydrogen) atoms. The second-order valence-corrected chi connectivity index (χ2v) is 6.79. The number of rotatable bonds is 6. The minimum absolute atomic E-state index is 0. The Balaban J connectivity index is 0.00000300. The first kappa shape index (κ1) is 23.0. The lowest BCUT2D eigenvalue weighted by atomic mass is 10.1. The topological polar surface area (TPSA) is 60.0 Å². The molecule has 0 bridgehead atoms. The summed E-state index contributed by atoms with van der Waals surface area (Å²) in [5.74, 6) is 0.769. The Labute approximate surface area is 190 Å². The molecule has 1 aliphatic heterocycles. The Morgan fingerprint density at radius 1 is 0.931 bits per heavy atom. The van der Waals surface area contributed by atoms with Crippen LogP contribution < -0.4 is 15.5 Å². The van der Waals surface area contributed by atoms with E-state index in [0.29, 0.717) is 5.96 Å². The summed E-state index contributed by atoms with van der Waals surface area (Å²) >= 11 is 0. The van der Waals surface area contributed by atoms with E-state index in [-0.39, 0.29) is 36.4 Å². The maximum atomic E-state index is 12.5. The van der Waals surface area contributed by atoms with Gasteiger partial charge >= 0.3 is 0 Å². The number of nitrogens with zero attached hydrogens (tertiary/aromatic N) is 3. The monoisotopic (exact) mass is 507 g/mol. The number of hydrogen-bond donors (Lipinski definition) is 2. The molecule has 1 heterocycles. The molecule has 2 aromatic rings. The van der Waals surface area contributed by atoms with Crippen LogP contribution in [0.2, 0.25) is 0 Å². The Hall–Kier alpha value is -2.29. The molecule has 0 saturated carbocycles. The number of carbonyl (C=O) groups excluding carboxylic acids is 1. The van der Waals surface area contributed by atoms with Crippen molar-refractivity contribution < 1.29 is 4.79 Å². The summed E-state index contributed by atoms with van der Waals surface area (Å²) in [4.78, 5) is 21.0. The third-order valence-electron chi connectivity index (χ3n) is 4.93. The fourth-order valence-electron chi connectivity index (χ4n) is 3.31. The van der Waals surface area contributed by atoms with Crippen molar-refractivity contribution in [2.75, 3.05) is 51.2 Å². The summed E-state index contributed by atoms with van der Waals surface area (Å²) in [5.41, 5.74) is 2.49. The summed E-state index contributed by atoms with van der Waals surface area (Å²) in [6.45, 7) is 4.24. The van der Waals surface area contributed by atoms with E-state index in [2.05, 4.69) is 44.8 Å². The summed E-state index contributed by atoms with van der Waals surface area (Å²) in [5, 5.41) is 6.39. The zero-order chi connectivity index (χ0) is 19.6. The number of guanidine groups is 1. The van der Waals surface area contributed by atoms with Crippen LogP contribution in [0.5, 0.6) is 0 Å². The highest BCUT2D eigenvalue weighted by molar-refractivity contribution is 14.0. The standard InChI is InChI=1S/C22H29N5O.HI/c1-23-22(24-13-12-19-8-4-2-5-9-19)25-18-21(28)27-16-14-26(15-17-27)20-10-6-3-7-11-20;/h2-11H,12-18H2,1H3,(H2,23,24,25);1H. The molecule has 0 aliphatic carbocycles. The largest absolute Gasteiger partial charge is 0.368 e. The molecule has 1 fully saturated rings. The maximum absolute atomic E-state index is 12.5. The van der Waals surface area contributed by atoms with Gasteiger partial charge in [-0.05, 0) is 24.1 Å². The van der Waals surface area contributed by atoms with Gasteiger partial charge in [0.25, 0.3) is 0 Å². The quantitative estimate of drug-likeness (QED) is 0.358. The van der Waals surface area contributed by atoms with Gasteiger partial charge in [0.2, 0.25) is 5.91 Å². The zero-order valence-electron chi connectivity index (χ0n) is 16.9. The number of anilines is 1. The Bertz CT molecular complexity index is 761. The predicted octanol–water partition coefficient (Wildman–Crippen LogP) is 2.36. The highest BCUT2D eigenvalue weighted by Gasteiger charge is 2.21. The van der Waals surface area contributed by atoms with Crippen molar-refractivity contribution >= 4 is 41.5 Å². The third-order valence-corrected chi connectivity index (χ3v) is 4.93. The van der Waals surface area contributed by atoms with Gasteiger partial charge in [-0.3, -0.25) is 9.79 Å². The van der Waals surface area contributed by atoms with Crippen LogP contribution in [-0.4, -0.2) is 63.1 Å². The van der Waals surface area contributed by atoms with Gasteiger partial charge in [-0.1, -0.05) is 48.5 Å². The minimum atomic E-state index is 0. The lowest BCUT2D eigenvalue weighted by Crippen LogP contribution is -2.52. The fraction of sp³-hybridized carbons (Fsp3) is 0.364. The second kappa shape index (κ2) is 12.3. The number of amides is 1. The summed E-state index contributed by atoms with van der Waals surface area (Å²) in [7, 11) is 1.72. The number of nitrogens with one attached hydrogen (secondary N) is 2. The van der Waals surface area contributed by atoms with Gasteiger partial charge in [0, 0.05) is 45.5 Å². The van der Waals surface area contributed by atoms with Gasteiger partial charge in [-0.25, -0.2) is 0 Å². The van der Waals surface area contributed by atoms with Crippen molar-refractivity contribution in [3.8, 4) is 0 Å². The normalized spacial score (nSPS) is 14.2. The van der Waals surface area contributed by atoms with Crippen LogP contribution in [0.25, 0.3) is 0 Å². The van der Waals surface area contributed by atoms with E-state index in [1.54, 1.807) is 7.05 Å². The van der Waals surface area contributed by atoms with Crippen LogP contribution in [0.15, 0.2) is 65.7 Å². The van der Waals surface area contributed by atoms with Gasteiger partial charge < -0.3 is 20.4 Å². The highest BCUT2D eigenvalue weighted by Crippen LogP contribution is 2.15. The Morgan fingerprint density at radius 3 is 2.17 bits per heavy atom. The van der Waals surface area contributed by atoms with Crippen molar-refractivity contribution in [2.24, 2.45) is 4.99 Å². The molecular formula is C22H30IN5O. The van der Waals surface area contributed by atoms with Crippen molar-refractivity contribution in [3.63, 3.8) is 0 Å². The lowest BCUT2D eigenvalue weighted by molar-refractivity contribution is -0.130. The molecule has 0 radical (unpaired) electrons. The minimum Gasteiger partial charge on any atom is -0.368 e. The fourth-order valence-corrected chi connectivity index (χ4v) is 3.31. The number of aliphatic imine (C=N–C) groups is 1. The van der Waals surface area contributed by atoms with E-state index < -0.39 is 0 Å². The molecule has 156 valence electrons. The molecule has 6 nitrogen and oxygen atoms in total. The molecule has 0 spiro atoms. The van der Waals surface area contributed by atoms with Crippen molar-refractivity contribution in [2.45, 2.75) is 6.42 Å². The number of carbonyl (C=O) groups is 1. The van der Waals surface area contributed by atoms with Crippen LogP contribution in [0, 0.1) is 0 Å². The summed E-state index contributed by atoms with van der Waals surface area (Å²) < 4.78 is 0. The van der Waals surface area contributed by atoms with Crippen LogP contribution in [-0.2, 0) is 11.2 Å². The van der Waals surface area contributed by atoms with Crippen molar-refractivity contribution in [1.82, 2.24) is 15.5 Å². The number of benzene rings is 2. The van der Waals surface area contributed by atoms with E-state index in [0.717, 1.165) is 39.1 Å². The van der Waals surface area contributed by atoms with E-state index in [1.807, 2.05) is 41.3 Å². The van der Waals surface area contributed by atoms with Gasteiger partial charge in [-0.15, -0.1) is 24.0 Å². The highest BCUT2D eigenvalue weighted by atomic mass is 127. The average molecular weight is 507 g/mol. The van der Waals surface area contributed by atoms with Gasteiger partial charge in [0.05, 0.1) is 6.54 Å². The van der Waals surface area contributed by atoms with Crippen LogP contribution >= 0.6 is 24.0 Å². The maximum Gasteiger partial charge on any atom is 0.242 e. The smallest absolute Gasteiger partial charge is 0.242 e. The molecular weight excluding hydrogens is 477 g/mol. The van der Waals surface area contributed by atoms with Crippen LogP contribution in [0.1, 0.15) is 5.56 Å². The number of hydrogen-bond acceptors (Lipinski definition) is 3. The lowest BCUT2D eigenvalue weighted by Gasteiger charge is -2.36. The molecule has 3 rings (SSSR count). The molecule has 2 aromatic carbocycles. The molecule has 2 N–H and O–H groups in total. The number of piperazine rings is 1. The Kier molecular flexibility index (Phi) is 9.76. The zero-order valence-corrected chi connectivity index (χ0v) is 19.2. The van der Waals surface area contributed by atoms with Crippen LogP contribution in [0.3, 0.4) is 0 Å². The van der Waals surface area contributed by atoms with Gasteiger partial charge in [0.1, 0.15) is 0 Å². The molecule has 1 amide bonds. The molecule has 0 aromatic heterocycles. The molecule has 0 unspecified atom stereocenters.